The molecule has 0 unspecified atom stereocenters. The van der Waals surface area contributed by atoms with Crippen LogP contribution in [0.3, 0.4) is 0 Å². The summed E-state index contributed by atoms with van der Waals surface area (Å²) in [6.45, 7) is 0. The topological polar surface area (TPSA) is 4.93 Å². The van der Waals surface area contributed by atoms with Crippen LogP contribution in [0, 0.1) is 0 Å². The van der Waals surface area contributed by atoms with Gasteiger partial charge in [0, 0.05) is 16.5 Å². The third kappa shape index (κ3) is 7.58. The maximum Gasteiger partial charge on any atom is 0.0541 e. The summed E-state index contributed by atoms with van der Waals surface area (Å²) in [4.78, 5) is 0. The van der Waals surface area contributed by atoms with Gasteiger partial charge < -0.3 is 4.57 Å². The number of fused-ring (bicyclic) bond motifs is 6. The summed E-state index contributed by atoms with van der Waals surface area (Å²) in [5.74, 6) is 0. The molecule has 0 amide bonds. The van der Waals surface area contributed by atoms with Gasteiger partial charge in [-0.15, -0.1) is 0 Å². The van der Waals surface area contributed by atoms with Gasteiger partial charge in [-0.1, -0.05) is 224 Å². The van der Waals surface area contributed by atoms with Gasteiger partial charge in [0.15, 0.2) is 0 Å². The van der Waals surface area contributed by atoms with E-state index in [9.17, 15) is 0 Å². The van der Waals surface area contributed by atoms with Gasteiger partial charge in [-0.2, -0.15) is 0 Å². The fourth-order valence-corrected chi connectivity index (χ4v) is 11.3. The van der Waals surface area contributed by atoms with Gasteiger partial charge in [-0.05, 0) is 171 Å². The van der Waals surface area contributed by atoms with Crippen molar-refractivity contribution in [1.29, 1.82) is 0 Å². The number of hydrogen-bond donors (Lipinski definition) is 0. The van der Waals surface area contributed by atoms with Crippen molar-refractivity contribution < 1.29 is 0 Å². The van der Waals surface area contributed by atoms with E-state index in [1.807, 2.05) is 0 Å². The molecule has 14 rings (SSSR count). The number of benzene rings is 13. The van der Waals surface area contributed by atoms with E-state index in [2.05, 4.69) is 290 Å². The highest BCUT2D eigenvalue weighted by molar-refractivity contribution is 6.12. The summed E-state index contributed by atoms with van der Waals surface area (Å²) >= 11 is 0. The van der Waals surface area contributed by atoms with Crippen molar-refractivity contribution >= 4 is 54.1 Å². The maximum absolute atomic E-state index is 2.45. The van der Waals surface area contributed by atoms with E-state index in [1.165, 1.54) is 121 Å². The van der Waals surface area contributed by atoms with E-state index in [0.717, 1.165) is 16.7 Å². The molecule has 0 atom stereocenters. The normalized spacial score (nSPS) is 11.6. The second kappa shape index (κ2) is 17.7. The van der Waals surface area contributed by atoms with Crippen LogP contribution in [-0.4, -0.2) is 4.57 Å². The van der Waals surface area contributed by atoms with Crippen LogP contribution in [0.4, 0.5) is 0 Å². The minimum atomic E-state index is 1.12. The van der Waals surface area contributed by atoms with Crippen molar-refractivity contribution in [2.24, 2.45) is 0 Å². The molecule has 1 heteroatoms. The van der Waals surface area contributed by atoms with E-state index < -0.39 is 0 Å². The zero-order valence-corrected chi connectivity index (χ0v) is 40.1. The van der Waals surface area contributed by atoms with Crippen LogP contribution in [0.2, 0.25) is 0 Å². The largest absolute Gasteiger partial charge is 0.309 e. The Hall–Kier alpha value is -9.56. The summed E-state index contributed by atoms with van der Waals surface area (Å²) in [5.41, 5.74) is 20.3. The van der Waals surface area contributed by atoms with E-state index in [1.54, 1.807) is 0 Å². The SMILES string of the molecule is c1ccc(-c2cc(-c3ccc4ccccc4c3)ccc2-c2ccc3c(c2)c2cc(-c4ccc(-c5ccc6ccccc6c5)cc4-c4ccccc4)ccc2n3-c2ccc(-c3cccc4ccccc34)cc2)cc1. The summed E-state index contributed by atoms with van der Waals surface area (Å²) in [6.07, 6.45) is 0. The van der Waals surface area contributed by atoms with Crippen LogP contribution in [0.5, 0.6) is 0 Å². The molecule has 73 heavy (non-hydrogen) atoms. The van der Waals surface area contributed by atoms with E-state index in [4.69, 9.17) is 0 Å². The summed E-state index contributed by atoms with van der Waals surface area (Å²) in [5, 5.41) is 9.90. The smallest absolute Gasteiger partial charge is 0.0541 e. The molecule has 340 valence electrons. The van der Waals surface area contributed by atoms with Crippen molar-refractivity contribution in [3.05, 3.63) is 285 Å². The Morgan fingerprint density at radius 2 is 0.575 bits per heavy atom. The van der Waals surface area contributed by atoms with Gasteiger partial charge in [0.05, 0.1) is 11.0 Å². The van der Waals surface area contributed by atoms with Gasteiger partial charge in [-0.3, -0.25) is 0 Å². The molecule has 0 aliphatic rings. The van der Waals surface area contributed by atoms with Gasteiger partial charge in [0.25, 0.3) is 0 Å². The Kier molecular flexibility index (Phi) is 10.3. The molecule has 0 saturated heterocycles. The molecule has 14 aromatic rings. The van der Waals surface area contributed by atoms with Gasteiger partial charge in [-0.25, -0.2) is 0 Å². The highest BCUT2D eigenvalue weighted by atomic mass is 15.0. The third-order valence-corrected chi connectivity index (χ3v) is 15.0. The van der Waals surface area contributed by atoms with Crippen molar-refractivity contribution in [3.8, 4) is 83.6 Å². The summed E-state index contributed by atoms with van der Waals surface area (Å²) < 4.78 is 2.45. The lowest BCUT2D eigenvalue weighted by molar-refractivity contribution is 1.18. The highest BCUT2D eigenvalue weighted by Gasteiger charge is 2.19. The zero-order valence-electron chi connectivity index (χ0n) is 40.1. The molecule has 1 heterocycles. The van der Waals surface area contributed by atoms with Crippen LogP contribution >= 0.6 is 0 Å². The molecule has 1 aromatic heterocycles. The second-order valence-corrected chi connectivity index (χ2v) is 19.2. The predicted molar refractivity (Wildman–Crippen MR) is 311 cm³/mol. The summed E-state index contributed by atoms with van der Waals surface area (Å²) in [6, 6.07) is 105. The molecule has 0 spiro atoms. The van der Waals surface area contributed by atoms with Crippen LogP contribution < -0.4 is 0 Å². The Balaban J connectivity index is 0.956. The molecular weight excluding hydrogens is 879 g/mol. The molecule has 0 radical (unpaired) electrons. The van der Waals surface area contributed by atoms with Crippen molar-refractivity contribution in [1.82, 2.24) is 4.57 Å². The van der Waals surface area contributed by atoms with Gasteiger partial charge in [0.2, 0.25) is 0 Å². The monoisotopic (exact) mass is 925 g/mol. The lowest BCUT2D eigenvalue weighted by atomic mass is 9.89. The molecule has 0 N–H and O–H groups in total. The van der Waals surface area contributed by atoms with Crippen molar-refractivity contribution in [2.75, 3.05) is 0 Å². The number of rotatable bonds is 8. The van der Waals surface area contributed by atoms with E-state index in [-0.39, 0.29) is 0 Å². The van der Waals surface area contributed by atoms with E-state index in [0.29, 0.717) is 0 Å². The Labute approximate surface area is 425 Å². The lowest BCUT2D eigenvalue weighted by Gasteiger charge is -2.14. The third-order valence-electron chi connectivity index (χ3n) is 15.0. The van der Waals surface area contributed by atoms with Gasteiger partial charge in [0.1, 0.15) is 0 Å². The number of aromatic nitrogens is 1. The average molecular weight is 926 g/mol. The molecule has 0 bridgehead atoms. The number of hydrogen-bond acceptors (Lipinski definition) is 0. The molecule has 0 aliphatic carbocycles. The minimum absolute atomic E-state index is 1.12. The number of nitrogens with zero attached hydrogens (tertiary/aromatic N) is 1. The second-order valence-electron chi connectivity index (χ2n) is 19.2. The first-order chi connectivity index (χ1) is 36.2. The molecule has 0 fully saturated rings. The first kappa shape index (κ1) is 42.3. The molecule has 0 aliphatic heterocycles. The first-order valence-electron chi connectivity index (χ1n) is 25.2. The van der Waals surface area contributed by atoms with Crippen molar-refractivity contribution in [2.45, 2.75) is 0 Å². The molecular formula is C72H47N. The van der Waals surface area contributed by atoms with Crippen molar-refractivity contribution in [3.63, 3.8) is 0 Å². The molecule has 13 aromatic carbocycles. The Morgan fingerprint density at radius 1 is 0.178 bits per heavy atom. The fraction of sp³-hybridized carbons (Fsp3) is 0. The molecule has 0 saturated carbocycles. The fourth-order valence-electron chi connectivity index (χ4n) is 11.3. The summed E-state index contributed by atoms with van der Waals surface area (Å²) in [7, 11) is 0. The Morgan fingerprint density at radius 3 is 1.11 bits per heavy atom. The first-order valence-corrected chi connectivity index (χ1v) is 25.2. The van der Waals surface area contributed by atoms with Crippen LogP contribution in [0.25, 0.3) is 138 Å². The predicted octanol–water partition coefficient (Wildman–Crippen LogP) is 19.9. The zero-order chi connectivity index (χ0) is 48.2. The van der Waals surface area contributed by atoms with Gasteiger partial charge >= 0.3 is 0 Å². The van der Waals surface area contributed by atoms with Crippen LogP contribution in [-0.2, 0) is 0 Å². The standard InChI is InChI=1S/C72H47N/c1-3-16-51(17-4-1)67-44-58(56-28-26-48-14-7-9-21-54(48)42-56)32-38-65(67)60-34-40-71-69(46-60)70-47-61(35-41-72(70)73(71)62-36-30-53(31-37-62)64-25-13-23-50-20-11-12-24-63(50)64)66-39-33-59(45-68(66)52-18-5-2-6-19-52)57-29-27-49-15-8-10-22-55(49)43-57/h1-47H. The van der Waals surface area contributed by atoms with Crippen LogP contribution in [0.15, 0.2) is 285 Å². The molecule has 1 nitrogen and oxygen atoms in total. The Bertz CT molecular complexity index is 4180. The minimum Gasteiger partial charge on any atom is -0.309 e. The average Bonchev–Trinajstić information content (AvgIpc) is 3.80. The van der Waals surface area contributed by atoms with E-state index >= 15 is 0 Å². The highest BCUT2D eigenvalue weighted by Crippen LogP contribution is 2.43. The maximum atomic E-state index is 2.45. The lowest BCUT2D eigenvalue weighted by Crippen LogP contribution is -1.94. The quantitative estimate of drug-likeness (QED) is 0.143. The van der Waals surface area contributed by atoms with Crippen LogP contribution in [0.1, 0.15) is 0 Å².